The topological polar surface area (TPSA) is 24.5 Å². The molecule has 0 saturated carbocycles. The fourth-order valence-corrected chi connectivity index (χ4v) is 3.05. The summed E-state index contributed by atoms with van der Waals surface area (Å²) in [6, 6.07) is 6.33. The summed E-state index contributed by atoms with van der Waals surface area (Å²) in [7, 11) is 1.70. The maximum Gasteiger partial charge on any atom is 0.133 e. The molecule has 1 aliphatic heterocycles. The molecule has 1 aromatic carbocycles. The van der Waals surface area contributed by atoms with Crippen LogP contribution in [0.25, 0.3) is 0 Å². The van der Waals surface area contributed by atoms with Gasteiger partial charge in [0, 0.05) is 24.3 Å². The molecular weight excluding hydrogens is 304 g/mol. The Morgan fingerprint density at radius 2 is 2.26 bits per heavy atom. The molecule has 106 valence electrons. The predicted octanol–water partition coefficient (Wildman–Crippen LogP) is 3.43. The Morgan fingerprint density at radius 3 is 2.89 bits per heavy atom. The number of benzene rings is 1. The highest BCUT2D eigenvalue weighted by atomic mass is 79.9. The summed E-state index contributed by atoms with van der Waals surface area (Å²) in [5.41, 5.74) is 1.46. The minimum atomic E-state index is 0.197. The van der Waals surface area contributed by atoms with Crippen LogP contribution < -0.4 is 15.0 Å². The number of nitrogens with zero attached hydrogens (tertiary/aromatic N) is 1. The van der Waals surface area contributed by atoms with Crippen LogP contribution >= 0.6 is 15.9 Å². The SMILES string of the molecule is CCC1(C)CN(c2ccc(OC)c(Br)c2)CCCN1. The first kappa shape index (κ1) is 14.7. The van der Waals surface area contributed by atoms with Crippen molar-refractivity contribution < 1.29 is 4.74 Å². The highest BCUT2D eigenvalue weighted by Crippen LogP contribution is 2.31. The van der Waals surface area contributed by atoms with Gasteiger partial charge >= 0.3 is 0 Å². The Bertz CT molecular complexity index is 438. The Balaban J connectivity index is 2.22. The number of halogens is 1. The largest absolute Gasteiger partial charge is 0.496 e. The molecule has 0 amide bonds. The van der Waals surface area contributed by atoms with Gasteiger partial charge in [-0.1, -0.05) is 6.92 Å². The quantitative estimate of drug-likeness (QED) is 0.921. The van der Waals surface area contributed by atoms with Gasteiger partial charge in [-0.25, -0.2) is 0 Å². The minimum absolute atomic E-state index is 0.197. The molecule has 1 unspecified atom stereocenters. The van der Waals surface area contributed by atoms with Crippen molar-refractivity contribution in [2.24, 2.45) is 0 Å². The second kappa shape index (κ2) is 6.14. The molecule has 1 aromatic rings. The predicted molar refractivity (Wildman–Crippen MR) is 84.2 cm³/mol. The smallest absolute Gasteiger partial charge is 0.133 e. The number of rotatable bonds is 3. The lowest BCUT2D eigenvalue weighted by molar-refractivity contribution is 0.366. The standard InChI is InChI=1S/C15H23BrN2O/c1-4-15(2)11-18(9-5-8-17-15)12-6-7-14(19-3)13(16)10-12/h6-7,10,17H,4-5,8-9,11H2,1-3H3. The molecule has 4 heteroatoms. The second-order valence-corrected chi connectivity index (χ2v) is 6.29. The monoisotopic (exact) mass is 326 g/mol. The first-order valence-corrected chi connectivity index (χ1v) is 7.71. The van der Waals surface area contributed by atoms with Crippen molar-refractivity contribution in [1.82, 2.24) is 5.32 Å². The number of anilines is 1. The molecular formula is C15H23BrN2O. The average molecular weight is 327 g/mol. The molecule has 1 saturated heterocycles. The van der Waals surface area contributed by atoms with Gasteiger partial charge < -0.3 is 15.0 Å². The fourth-order valence-electron chi connectivity index (χ4n) is 2.53. The number of hydrogen-bond donors (Lipinski definition) is 1. The van der Waals surface area contributed by atoms with Crippen molar-refractivity contribution in [3.05, 3.63) is 22.7 Å². The van der Waals surface area contributed by atoms with Crippen LogP contribution in [0.4, 0.5) is 5.69 Å². The molecule has 1 N–H and O–H groups in total. The van der Waals surface area contributed by atoms with Gasteiger partial charge in [0.25, 0.3) is 0 Å². The van der Waals surface area contributed by atoms with Crippen LogP contribution in [0.2, 0.25) is 0 Å². The normalized spacial score (nSPS) is 24.1. The van der Waals surface area contributed by atoms with Crippen molar-refractivity contribution in [2.75, 3.05) is 31.6 Å². The number of nitrogens with one attached hydrogen (secondary N) is 1. The summed E-state index contributed by atoms with van der Waals surface area (Å²) in [5, 5.41) is 3.67. The second-order valence-electron chi connectivity index (χ2n) is 5.43. The Kier molecular flexibility index (Phi) is 4.74. The molecule has 1 atom stereocenters. The van der Waals surface area contributed by atoms with E-state index < -0.39 is 0 Å². The molecule has 2 rings (SSSR count). The molecule has 0 bridgehead atoms. The first-order chi connectivity index (χ1) is 9.08. The van der Waals surface area contributed by atoms with Gasteiger partial charge in [0.15, 0.2) is 0 Å². The fraction of sp³-hybridized carbons (Fsp3) is 0.600. The molecule has 0 radical (unpaired) electrons. The average Bonchev–Trinajstić information content (AvgIpc) is 2.61. The van der Waals surface area contributed by atoms with E-state index in [9.17, 15) is 0 Å². The number of ether oxygens (including phenoxy) is 1. The van der Waals surface area contributed by atoms with Crippen LogP contribution in [0.5, 0.6) is 5.75 Å². The van der Waals surface area contributed by atoms with Gasteiger partial charge in [0.1, 0.15) is 5.75 Å². The van der Waals surface area contributed by atoms with Crippen LogP contribution in [-0.2, 0) is 0 Å². The van der Waals surface area contributed by atoms with Crippen molar-refractivity contribution in [3.63, 3.8) is 0 Å². The molecule has 19 heavy (non-hydrogen) atoms. The van der Waals surface area contributed by atoms with Crippen molar-refractivity contribution in [3.8, 4) is 5.75 Å². The van der Waals surface area contributed by atoms with Crippen molar-refractivity contribution >= 4 is 21.6 Å². The molecule has 0 aromatic heterocycles. The van der Waals surface area contributed by atoms with Gasteiger partial charge in [0.2, 0.25) is 0 Å². The first-order valence-electron chi connectivity index (χ1n) is 6.91. The van der Waals surface area contributed by atoms with E-state index in [0.29, 0.717) is 0 Å². The molecule has 1 heterocycles. The van der Waals surface area contributed by atoms with Crippen molar-refractivity contribution in [1.29, 1.82) is 0 Å². The van der Waals surface area contributed by atoms with E-state index in [-0.39, 0.29) is 5.54 Å². The summed E-state index contributed by atoms with van der Waals surface area (Å²) < 4.78 is 6.31. The molecule has 0 aliphatic carbocycles. The van der Waals surface area contributed by atoms with Gasteiger partial charge in [0.05, 0.1) is 11.6 Å². The summed E-state index contributed by atoms with van der Waals surface area (Å²) in [5.74, 6) is 0.884. The molecule has 1 aliphatic rings. The van der Waals surface area contributed by atoms with E-state index in [2.05, 4.69) is 52.1 Å². The lowest BCUT2D eigenvalue weighted by Gasteiger charge is -2.34. The Morgan fingerprint density at radius 1 is 1.47 bits per heavy atom. The minimum Gasteiger partial charge on any atom is -0.496 e. The summed E-state index contributed by atoms with van der Waals surface area (Å²) in [4.78, 5) is 2.47. The maximum atomic E-state index is 5.30. The third kappa shape index (κ3) is 3.42. The molecule has 1 fully saturated rings. The highest BCUT2D eigenvalue weighted by Gasteiger charge is 2.27. The van der Waals surface area contributed by atoms with Gasteiger partial charge in [-0.15, -0.1) is 0 Å². The lowest BCUT2D eigenvalue weighted by Crippen LogP contribution is -2.48. The Labute approximate surface area is 124 Å². The van der Waals surface area contributed by atoms with Crippen LogP contribution in [-0.4, -0.2) is 32.3 Å². The van der Waals surface area contributed by atoms with E-state index in [1.807, 2.05) is 6.07 Å². The third-order valence-electron chi connectivity index (χ3n) is 3.98. The van der Waals surface area contributed by atoms with Gasteiger partial charge in [-0.05, 0) is 60.4 Å². The van der Waals surface area contributed by atoms with Crippen LogP contribution in [0.1, 0.15) is 26.7 Å². The van der Waals surface area contributed by atoms with E-state index >= 15 is 0 Å². The summed E-state index contributed by atoms with van der Waals surface area (Å²) >= 11 is 3.57. The Hall–Kier alpha value is -0.740. The van der Waals surface area contributed by atoms with Crippen LogP contribution in [0.15, 0.2) is 22.7 Å². The summed E-state index contributed by atoms with van der Waals surface area (Å²) in [6.45, 7) is 7.80. The zero-order valence-electron chi connectivity index (χ0n) is 12.0. The zero-order chi connectivity index (χ0) is 13.9. The van der Waals surface area contributed by atoms with E-state index in [1.54, 1.807) is 7.11 Å². The lowest BCUT2D eigenvalue weighted by atomic mass is 9.98. The number of methoxy groups -OCH3 is 1. The van der Waals surface area contributed by atoms with E-state index in [4.69, 9.17) is 4.74 Å². The highest BCUT2D eigenvalue weighted by molar-refractivity contribution is 9.10. The van der Waals surface area contributed by atoms with E-state index in [0.717, 1.165) is 36.3 Å². The van der Waals surface area contributed by atoms with Crippen LogP contribution in [0.3, 0.4) is 0 Å². The van der Waals surface area contributed by atoms with Crippen molar-refractivity contribution in [2.45, 2.75) is 32.2 Å². The third-order valence-corrected chi connectivity index (χ3v) is 4.60. The van der Waals surface area contributed by atoms with Gasteiger partial charge in [-0.2, -0.15) is 0 Å². The van der Waals surface area contributed by atoms with Crippen LogP contribution in [0, 0.1) is 0 Å². The van der Waals surface area contributed by atoms with Gasteiger partial charge in [-0.3, -0.25) is 0 Å². The molecule has 3 nitrogen and oxygen atoms in total. The number of hydrogen-bond acceptors (Lipinski definition) is 3. The maximum absolute atomic E-state index is 5.30. The van der Waals surface area contributed by atoms with E-state index in [1.165, 1.54) is 12.1 Å². The molecule has 0 spiro atoms. The zero-order valence-corrected chi connectivity index (χ0v) is 13.6. The summed E-state index contributed by atoms with van der Waals surface area (Å²) in [6.07, 6.45) is 2.32.